The minimum Gasteiger partial charge on any atom is -0.369 e. The van der Waals surface area contributed by atoms with Crippen LogP contribution in [0.1, 0.15) is 13.8 Å². The van der Waals surface area contributed by atoms with Crippen LogP contribution in [0.25, 0.3) is 0 Å². The first-order chi connectivity index (χ1) is 4.95. The van der Waals surface area contributed by atoms with E-state index in [0.717, 1.165) is 0 Å². The van der Waals surface area contributed by atoms with E-state index in [4.69, 9.17) is 5.73 Å². The van der Waals surface area contributed by atoms with Crippen molar-refractivity contribution < 1.29 is 9.59 Å². The molecule has 3 N–H and O–H groups in total. The van der Waals surface area contributed by atoms with Crippen LogP contribution in [0.15, 0.2) is 0 Å². The number of hydrogen-bond donors (Lipinski definition) is 2. The molecule has 2 amide bonds. The third kappa shape index (κ3) is 3.67. The van der Waals surface area contributed by atoms with Crippen molar-refractivity contribution in [2.45, 2.75) is 13.8 Å². The van der Waals surface area contributed by atoms with Crippen LogP contribution in [-0.4, -0.2) is 16.8 Å². The number of carbonyl (C=O) groups excluding carboxylic acids is 2. The van der Waals surface area contributed by atoms with Gasteiger partial charge in [0.05, 0.1) is 4.99 Å². The van der Waals surface area contributed by atoms with Crippen LogP contribution < -0.4 is 11.1 Å². The maximum atomic E-state index is 10.9. The summed E-state index contributed by atoms with van der Waals surface area (Å²) in [6.07, 6.45) is 0. The van der Waals surface area contributed by atoms with Gasteiger partial charge in [0.2, 0.25) is 11.8 Å². The SMILES string of the molecule is C[C](C(N)=O)C(=O)NC(C)=S. The van der Waals surface area contributed by atoms with E-state index in [1.165, 1.54) is 6.92 Å². The van der Waals surface area contributed by atoms with E-state index in [-0.39, 0.29) is 5.92 Å². The molecule has 4 nitrogen and oxygen atoms in total. The van der Waals surface area contributed by atoms with Crippen LogP contribution in [-0.2, 0) is 9.59 Å². The Hall–Kier alpha value is -0.970. The zero-order valence-electron chi connectivity index (χ0n) is 6.30. The third-order valence-electron chi connectivity index (χ3n) is 1.000. The van der Waals surface area contributed by atoms with E-state index in [1.54, 1.807) is 6.92 Å². The summed E-state index contributed by atoms with van der Waals surface area (Å²) in [5, 5.41) is 2.28. The molecule has 0 aliphatic carbocycles. The summed E-state index contributed by atoms with van der Waals surface area (Å²) in [6, 6.07) is 0. The van der Waals surface area contributed by atoms with Gasteiger partial charge in [0.15, 0.2) is 0 Å². The molecule has 0 saturated heterocycles. The van der Waals surface area contributed by atoms with Crippen molar-refractivity contribution in [3.05, 3.63) is 5.92 Å². The van der Waals surface area contributed by atoms with Gasteiger partial charge >= 0.3 is 0 Å². The molecule has 0 unspecified atom stereocenters. The number of nitrogens with one attached hydrogen (secondary N) is 1. The Bertz CT molecular complexity index is 203. The molecule has 0 heterocycles. The summed E-state index contributed by atoms with van der Waals surface area (Å²) in [4.78, 5) is 21.6. The number of thiocarbonyl (C=S) groups is 1. The van der Waals surface area contributed by atoms with Gasteiger partial charge in [0, 0.05) is 0 Å². The standard InChI is InChI=1S/C6H9N2O2S/c1-3(5(7)9)6(10)8-4(2)11/h1-2H3,(H2,7,9)(H,8,10,11). The highest BCUT2D eigenvalue weighted by Crippen LogP contribution is 1.94. The molecule has 5 heteroatoms. The van der Waals surface area contributed by atoms with E-state index in [9.17, 15) is 9.59 Å². The lowest BCUT2D eigenvalue weighted by Gasteiger charge is -2.05. The smallest absolute Gasteiger partial charge is 0.241 e. The summed E-state index contributed by atoms with van der Waals surface area (Å²) in [7, 11) is 0. The largest absolute Gasteiger partial charge is 0.369 e. The quantitative estimate of drug-likeness (QED) is 0.438. The van der Waals surface area contributed by atoms with E-state index in [1.807, 2.05) is 0 Å². The Morgan fingerprint density at radius 2 is 1.82 bits per heavy atom. The summed E-state index contributed by atoms with van der Waals surface area (Å²) >= 11 is 4.58. The highest BCUT2D eigenvalue weighted by atomic mass is 32.1. The molecule has 0 saturated carbocycles. The molecular weight excluding hydrogens is 164 g/mol. The van der Waals surface area contributed by atoms with Crippen LogP contribution in [0.2, 0.25) is 0 Å². The fourth-order valence-corrected chi connectivity index (χ4v) is 0.458. The normalized spacial score (nSPS) is 9.36. The number of rotatable bonds is 2. The number of nitrogens with two attached hydrogens (primary N) is 1. The van der Waals surface area contributed by atoms with E-state index < -0.39 is 11.8 Å². The van der Waals surface area contributed by atoms with Crippen molar-refractivity contribution in [1.82, 2.24) is 5.32 Å². The topological polar surface area (TPSA) is 72.2 Å². The molecule has 11 heavy (non-hydrogen) atoms. The van der Waals surface area contributed by atoms with Crippen molar-refractivity contribution in [2.75, 3.05) is 0 Å². The Labute approximate surface area is 70.1 Å². The second-order valence-corrected chi connectivity index (χ2v) is 2.61. The molecule has 0 spiro atoms. The second-order valence-electron chi connectivity index (χ2n) is 2.00. The molecule has 1 radical (unpaired) electrons. The minimum atomic E-state index is -0.737. The van der Waals surface area contributed by atoms with Crippen molar-refractivity contribution >= 4 is 29.0 Å². The molecule has 0 aromatic rings. The molecule has 0 aliphatic heterocycles. The lowest BCUT2D eigenvalue weighted by Crippen LogP contribution is -2.37. The maximum absolute atomic E-state index is 10.9. The van der Waals surface area contributed by atoms with E-state index >= 15 is 0 Å². The summed E-state index contributed by atoms with van der Waals surface area (Å²) in [5.74, 6) is -1.32. The van der Waals surface area contributed by atoms with Gasteiger partial charge in [0.25, 0.3) is 0 Å². The number of carbonyl (C=O) groups is 2. The van der Waals surface area contributed by atoms with Gasteiger partial charge in [-0.15, -0.1) is 0 Å². The molecule has 0 bridgehead atoms. The zero-order chi connectivity index (χ0) is 9.02. The van der Waals surface area contributed by atoms with Crippen molar-refractivity contribution in [3.63, 3.8) is 0 Å². The average molecular weight is 173 g/mol. The molecule has 61 valence electrons. The first-order valence-corrected chi connectivity index (χ1v) is 3.31. The fraction of sp³-hybridized carbons (Fsp3) is 0.333. The molecule has 0 aromatic heterocycles. The van der Waals surface area contributed by atoms with Crippen molar-refractivity contribution in [2.24, 2.45) is 5.73 Å². The second kappa shape index (κ2) is 4.02. The fourth-order valence-electron chi connectivity index (χ4n) is 0.366. The molecule has 0 rings (SSSR count). The molecule has 0 aliphatic rings. The predicted molar refractivity (Wildman–Crippen MR) is 44.5 cm³/mol. The van der Waals surface area contributed by atoms with Crippen LogP contribution in [0.4, 0.5) is 0 Å². The lowest BCUT2D eigenvalue weighted by molar-refractivity contribution is -0.124. The monoisotopic (exact) mass is 173 g/mol. The molecule has 0 atom stereocenters. The average Bonchev–Trinajstić information content (AvgIpc) is 1.84. The first-order valence-electron chi connectivity index (χ1n) is 2.90. The lowest BCUT2D eigenvalue weighted by atomic mass is 10.1. The summed E-state index contributed by atoms with van der Waals surface area (Å²) in [5.41, 5.74) is 4.83. The first kappa shape index (κ1) is 10.0. The maximum Gasteiger partial charge on any atom is 0.241 e. The zero-order valence-corrected chi connectivity index (χ0v) is 7.12. The third-order valence-corrected chi connectivity index (χ3v) is 1.10. The van der Waals surface area contributed by atoms with Crippen LogP contribution >= 0.6 is 12.2 Å². The Morgan fingerprint density at radius 3 is 2.09 bits per heavy atom. The summed E-state index contributed by atoms with van der Waals surface area (Å²) in [6.45, 7) is 2.89. The van der Waals surface area contributed by atoms with Gasteiger partial charge in [-0.3, -0.25) is 9.59 Å². The molecule has 0 fully saturated rings. The van der Waals surface area contributed by atoms with Gasteiger partial charge in [0.1, 0.15) is 5.92 Å². The van der Waals surface area contributed by atoms with Crippen molar-refractivity contribution in [3.8, 4) is 0 Å². The van der Waals surface area contributed by atoms with E-state index in [2.05, 4.69) is 17.5 Å². The number of hydrogen-bond acceptors (Lipinski definition) is 3. The van der Waals surface area contributed by atoms with Crippen LogP contribution in [0.3, 0.4) is 0 Å². The number of primary amides is 1. The highest BCUT2D eigenvalue weighted by molar-refractivity contribution is 7.80. The Kier molecular flexibility index (Phi) is 3.67. The Balaban J connectivity index is 4.04. The van der Waals surface area contributed by atoms with Crippen LogP contribution in [0.5, 0.6) is 0 Å². The van der Waals surface area contributed by atoms with Crippen molar-refractivity contribution in [1.29, 1.82) is 0 Å². The highest BCUT2D eigenvalue weighted by Gasteiger charge is 2.19. The van der Waals surface area contributed by atoms with E-state index in [0.29, 0.717) is 4.99 Å². The van der Waals surface area contributed by atoms with Gasteiger partial charge in [-0.25, -0.2) is 0 Å². The molecule has 0 aromatic carbocycles. The predicted octanol–water partition coefficient (Wildman–Crippen LogP) is -0.470. The number of amides is 2. The van der Waals surface area contributed by atoms with Crippen LogP contribution in [0, 0.1) is 5.92 Å². The summed E-state index contributed by atoms with van der Waals surface area (Å²) < 4.78 is 0. The van der Waals surface area contributed by atoms with Gasteiger partial charge in [-0.05, 0) is 13.8 Å². The van der Waals surface area contributed by atoms with Gasteiger partial charge in [-0.1, -0.05) is 12.2 Å². The minimum absolute atomic E-state index is 0.0470. The van der Waals surface area contributed by atoms with Gasteiger partial charge < -0.3 is 11.1 Å². The Morgan fingerprint density at radius 1 is 1.36 bits per heavy atom. The van der Waals surface area contributed by atoms with Gasteiger partial charge in [-0.2, -0.15) is 0 Å². The molecular formula is C6H9N2O2S.